The lowest BCUT2D eigenvalue weighted by Gasteiger charge is -2.30. The Bertz CT molecular complexity index is 542. The van der Waals surface area contributed by atoms with E-state index in [1.807, 2.05) is 0 Å². The Kier molecular flexibility index (Phi) is 4.85. The van der Waals surface area contributed by atoms with Crippen molar-refractivity contribution in [3.8, 4) is 0 Å². The first-order valence-corrected chi connectivity index (χ1v) is 6.74. The summed E-state index contributed by atoms with van der Waals surface area (Å²) in [5.41, 5.74) is 0.178. The van der Waals surface area contributed by atoms with Gasteiger partial charge < -0.3 is 4.74 Å². The van der Waals surface area contributed by atoms with Crippen LogP contribution in [0, 0.1) is 21.8 Å². The van der Waals surface area contributed by atoms with Crippen LogP contribution in [-0.2, 0) is 16.1 Å². The lowest BCUT2D eigenvalue weighted by molar-refractivity contribution is -0.387. The van der Waals surface area contributed by atoms with Crippen LogP contribution in [-0.4, -0.2) is 36.0 Å². The molecule has 0 unspecified atom stereocenters. The fraction of sp³-hybridized carbons (Fsp3) is 0.500. The molecule has 0 saturated carbocycles. The summed E-state index contributed by atoms with van der Waals surface area (Å²) in [5, 5.41) is 10.6. The van der Waals surface area contributed by atoms with Crippen molar-refractivity contribution in [3.63, 3.8) is 0 Å². The molecule has 0 aliphatic carbocycles. The summed E-state index contributed by atoms with van der Waals surface area (Å²) in [6.45, 7) is 1.96. The van der Waals surface area contributed by atoms with Crippen molar-refractivity contribution >= 4 is 11.7 Å². The van der Waals surface area contributed by atoms with E-state index in [1.165, 1.54) is 19.2 Å². The average molecular weight is 296 g/mol. The second-order valence-electron chi connectivity index (χ2n) is 5.12. The van der Waals surface area contributed by atoms with Gasteiger partial charge in [0.15, 0.2) is 0 Å². The largest absolute Gasteiger partial charge is 0.469 e. The van der Waals surface area contributed by atoms with Crippen LogP contribution in [0.5, 0.6) is 0 Å². The smallest absolute Gasteiger partial charge is 0.308 e. The van der Waals surface area contributed by atoms with Crippen molar-refractivity contribution in [3.05, 3.63) is 39.7 Å². The number of nitro groups is 1. The number of likely N-dealkylation sites (tertiary alicyclic amines) is 1. The van der Waals surface area contributed by atoms with Gasteiger partial charge in [-0.05, 0) is 37.6 Å². The molecular formula is C14H17FN2O4. The van der Waals surface area contributed by atoms with Crippen molar-refractivity contribution in [1.29, 1.82) is 0 Å². The number of carbonyl (C=O) groups excluding carboxylic acids is 1. The van der Waals surface area contributed by atoms with E-state index in [0.717, 1.165) is 13.1 Å². The van der Waals surface area contributed by atoms with Gasteiger partial charge in [-0.1, -0.05) is 6.07 Å². The van der Waals surface area contributed by atoms with E-state index in [9.17, 15) is 19.3 Å². The van der Waals surface area contributed by atoms with Crippen molar-refractivity contribution < 1.29 is 18.8 Å². The molecule has 0 radical (unpaired) electrons. The number of methoxy groups -OCH3 is 1. The van der Waals surface area contributed by atoms with Crippen molar-refractivity contribution in [2.45, 2.75) is 19.4 Å². The van der Waals surface area contributed by atoms with Gasteiger partial charge in [-0.3, -0.25) is 19.8 Å². The van der Waals surface area contributed by atoms with E-state index in [-0.39, 0.29) is 11.9 Å². The zero-order valence-corrected chi connectivity index (χ0v) is 11.8. The molecule has 1 saturated heterocycles. The van der Waals surface area contributed by atoms with Gasteiger partial charge in [0.25, 0.3) is 0 Å². The minimum atomic E-state index is -0.818. The summed E-state index contributed by atoms with van der Waals surface area (Å²) in [5.74, 6) is -1.07. The van der Waals surface area contributed by atoms with E-state index >= 15 is 0 Å². The summed E-state index contributed by atoms with van der Waals surface area (Å²) < 4.78 is 18.3. The number of hydrogen-bond acceptors (Lipinski definition) is 5. The highest BCUT2D eigenvalue weighted by molar-refractivity contribution is 5.72. The topological polar surface area (TPSA) is 72.7 Å². The number of piperidine rings is 1. The summed E-state index contributed by atoms with van der Waals surface area (Å²) in [4.78, 5) is 23.3. The number of nitro benzene ring substituents is 1. The van der Waals surface area contributed by atoms with Gasteiger partial charge in [-0.25, -0.2) is 0 Å². The predicted octanol–water partition coefficient (Wildman–Crippen LogP) is 2.12. The SMILES string of the molecule is COC(=O)C1CCN(Cc2ccc([N+](=O)[O-])c(F)c2)CC1. The highest BCUT2D eigenvalue weighted by atomic mass is 19.1. The van der Waals surface area contributed by atoms with E-state index < -0.39 is 16.4 Å². The van der Waals surface area contributed by atoms with Crippen molar-refractivity contribution in [2.75, 3.05) is 20.2 Å². The minimum absolute atomic E-state index is 0.0696. The summed E-state index contributed by atoms with van der Waals surface area (Å²) in [6.07, 6.45) is 1.42. The Morgan fingerprint density at radius 1 is 1.48 bits per heavy atom. The lowest BCUT2D eigenvalue weighted by Crippen LogP contribution is -2.36. The van der Waals surface area contributed by atoms with E-state index in [1.54, 1.807) is 6.07 Å². The van der Waals surface area contributed by atoms with E-state index in [4.69, 9.17) is 4.74 Å². The molecule has 0 amide bonds. The van der Waals surface area contributed by atoms with Crippen LogP contribution in [0.4, 0.5) is 10.1 Å². The molecule has 1 aliphatic heterocycles. The molecule has 1 heterocycles. The van der Waals surface area contributed by atoms with Crippen LogP contribution in [0.25, 0.3) is 0 Å². The molecule has 2 rings (SSSR count). The third kappa shape index (κ3) is 3.75. The molecule has 1 aromatic rings. The van der Waals surface area contributed by atoms with Gasteiger partial charge in [0, 0.05) is 12.6 Å². The maximum absolute atomic E-state index is 13.5. The molecule has 0 atom stereocenters. The zero-order chi connectivity index (χ0) is 15.4. The Hall–Kier alpha value is -2.02. The second kappa shape index (κ2) is 6.62. The summed E-state index contributed by atoms with van der Waals surface area (Å²) >= 11 is 0. The minimum Gasteiger partial charge on any atom is -0.469 e. The number of ether oxygens (including phenoxy) is 1. The quantitative estimate of drug-likeness (QED) is 0.483. The van der Waals surface area contributed by atoms with E-state index in [0.29, 0.717) is 24.9 Å². The highest BCUT2D eigenvalue weighted by Gasteiger charge is 2.25. The third-order valence-electron chi connectivity index (χ3n) is 3.74. The van der Waals surface area contributed by atoms with Gasteiger partial charge >= 0.3 is 11.7 Å². The monoisotopic (exact) mass is 296 g/mol. The summed E-state index contributed by atoms with van der Waals surface area (Å²) in [6, 6.07) is 3.95. The standard InChI is InChI=1S/C14H17FN2O4/c1-21-14(18)11-4-6-16(7-5-11)9-10-2-3-13(17(19)20)12(15)8-10/h2-3,8,11H,4-7,9H2,1H3. The maximum Gasteiger partial charge on any atom is 0.308 e. The molecule has 0 bridgehead atoms. The Labute approximate surface area is 121 Å². The predicted molar refractivity (Wildman–Crippen MR) is 73.1 cm³/mol. The molecule has 7 heteroatoms. The Morgan fingerprint density at radius 3 is 2.67 bits per heavy atom. The third-order valence-corrected chi connectivity index (χ3v) is 3.74. The average Bonchev–Trinajstić information content (AvgIpc) is 2.47. The number of carbonyl (C=O) groups is 1. The number of nitrogens with zero attached hydrogens (tertiary/aromatic N) is 2. The molecule has 0 N–H and O–H groups in total. The molecule has 1 aliphatic rings. The number of hydrogen-bond donors (Lipinski definition) is 0. The van der Waals surface area contributed by atoms with Gasteiger partial charge in [-0.15, -0.1) is 0 Å². The molecule has 21 heavy (non-hydrogen) atoms. The molecular weight excluding hydrogens is 279 g/mol. The maximum atomic E-state index is 13.5. The van der Waals surface area contributed by atoms with Crippen LogP contribution in [0.1, 0.15) is 18.4 Å². The molecule has 0 spiro atoms. The first-order chi connectivity index (χ1) is 10.0. The summed E-state index contributed by atoms with van der Waals surface area (Å²) in [7, 11) is 1.38. The lowest BCUT2D eigenvalue weighted by atomic mass is 9.96. The van der Waals surface area contributed by atoms with Gasteiger partial charge in [0.05, 0.1) is 18.0 Å². The Balaban J connectivity index is 1.93. The molecule has 6 nitrogen and oxygen atoms in total. The number of rotatable bonds is 4. The number of esters is 1. The van der Waals surface area contributed by atoms with Gasteiger partial charge in [-0.2, -0.15) is 4.39 Å². The Morgan fingerprint density at radius 2 is 2.14 bits per heavy atom. The van der Waals surface area contributed by atoms with Crippen LogP contribution in [0.2, 0.25) is 0 Å². The first-order valence-electron chi connectivity index (χ1n) is 6.74. The molecule has 114 valence electrons. The van der Waals surface area contributed by atoms with Gasteiger partial charge in [0.2, 0.25) is 5.82 Å². The van der Waals surface area contributed by atoms with Crippen molar-refractivity contribution in [2.24, 2.45) is 5.92 Å². The normalized spacial score (nSPS) is 16.7. The fourth-order valence-electron chi connectivity index (χ4n) is 2.55. The first kappa shape index (κ1) is 15.4. The van der Waals surface area contributed by atoms with Crippen molar-refractivity contribution in [1.82, 2.24) is 4.90 Å². The van der Waals surface area contributed by atoms with Crippen LogP contribution >= 0.6 is 0 Å². The highest BCUT2D eigenvalue weighted by Crippen LogP contribution is 2.22. The zero-order valence-electron chi connectivity index (χ0n) is 11.8. The number of benzene rings is 1. The van der Waals surface area contributed by atoms with Crippen LogP contribution in [0.15, 0.2) is 18.2 Å². The second-order valence-corrected chi connectivity index (χ2v) is 5.12. The number of halogens is 1. The van der Waals surface area contributed by atoms with Gasteiger partial charge in [0.1, 0.15) is 0 Å². The van der Waals surface area contributed by atoms with Crippen LogP contribution in [0.3, 0.4) is 0 Å². The molecule has 1 aromatic carbocycles. The molecule has 0 aromatic heterocycles. The van der Waals surface area contributed by atoms with Crippen LogP contribution < -0.4 is 0 Å². The molecule has 1 fully saturated rings. The van der Waals surface area contributed by atoms with E-state index in [2.05, 4.69) is 4.90 Å². The fourth-order valence-corrected chi connectivity index (χ4v) is 2.55.